The van der Waals surface area contributed by atoms with E-state index in [0.29, 0.717) is 6.54 Å². The second-order valence-corrected chi connectivity index (χ2v) is 3.16. The van der Waals surface area contributed by atoms with Crippen molar-refractivity contribution in [3.05, 3.63) is 0 Å². The Bertz CT molecular complexity index is 222. The van der Waals surface area contributed by atoms with Gasteiger partial charge in [-0.05, 0) is 12.8 Å². The van der Waals surface area contributed by atoms with Gasteiger partial charge in [0.2, 0.25) is 0 Å². The molecule has 0 saturated carbocycles. The Morgan fingerprint density at radius 2 is 2.31 bits per heavy atom. The molecule has 0 spiro atoms. The summed E-state index contributed by atoms with van der Waals surface area (Å²) in [4.78, 5) is 12.8. The van der Waals surface area contributed by atoms with Gasteiger partial charge in [-0.25, -0.2) is 4.79 Å². The van der Waals surface area contributed by atoms with Crippen molar-refractivity contribution in [2.75, 3.05) is 13.7 Å². The van der Waals surface area contributed by atoms with Crippen LogP contribution in [0.1, 0.15) is 25.7 Å². The van der Waals surface area contributed by atoms with Gasteiger partial charge >= 0.3 is 6.09 Å². The van der Waals surface area contributed by atoms with E-state index in [1.165, 1.54) is 12.0 Å². The summed E-state index contributed by atoms with van der Waals surface area (Å²) in [5, 5.41) is 8.83. The van der Waals surface area contributed by atoms with Crippen molar-refractivity contribution in [3.8, 4) is 6.07 Å². The molecule has 4 heteroatoms. The molecule has 13 heavy (non-hydrogen) atoms. The van der Waals surface area contributed by atoms with Crippen LogP contribution >= 0.6 is 0 Å². The molecule has 0 aromatic carbocycles. The molecular weight excluding hydrogens is 168 g/mol. The first-order valence-corrected chi connectivity index (χ1v) is 4.54. The van der Waals surface area contributed by atoms with Crippen molar-refractivity contribution < 1.29 is 9.53 Å². The predicted molar refractivity (Wildman–Crippen MR) is 47.0 cm³/mol. The quantitative estimate of drug-likeness (QED) is 0.570. The molecule has 1 aliphatic rings. The number of amides is 1. The van der Waals surface area contributed by atoms with Crippen molar-refractivity contribution in [1.82, 2.24) is 4.90 Å². The minimum absolute atomic E-state index is 0.296. The minimum Gasteiger partial charge on any atom is -0.453 e. The molecule has 1 rings (SSSR count). The van der Waals surface area contributed by atoms with E-state index < -0.39 is 0 Å². The van der Waals surface area contributed by atoms with Gasteiger partial charge < -0.3 is 4.74 Å². The van der Waals surface area contributed by atoms with Crippen molar-refractivity contribution >= 4 is 6.09 Å². The number of ether oxygens (including phenoxy) is 1. The molecule has 1 heterocycles. The van der Waals surface area contributed by atoms with Crippen LogP contribution in [0.5, 0.6) is 0 Å². The van der Waals surface area contributed by atoms with Gasteiger partial charge in [0.25, 0.3) is 0 Å². The maximum Gasteiger partial charge on any atom is 0.410 e. The van der Waals surface area contributed by atoms with Crippen LogP contribution in [0.3, 0.4) is 0 Å². The third-order valence-electron chi connectivity index (χ3n) is 2.31. The fourth-order valence-corrected chi connectivity index (χ4v) is 1.58. The van der Waals surface area contributed by atoms with E-state index in [9.17, 15) is 4.79 Å². The lowest BCUT2D eigenvalue weighted by atomic mass is 10.1. The molecule has 1 aliphatic heterocycles. The first-order valence-electron chi connectivity index (χ1n) is 4.54. The van der Waals surface area contributed by atoms with E-state index in [2.05, 4.69) is 10.8 Å². The van der Waals surface area contributed by atoms with Crippen LogP contribution in [0.15, 0.2) is 0 Å². The largest absolute Gasteiger partial charge is 0.453 e. The normalized spacial score (nSPS) is 23.1. The van der Waals surface area contributed by atoms with Crippen LogP contribution in [-0.2, 0) is 4.74 Å². The predicted octanol–water partition coefficient (Wildman–Crippen LogP) is 1.52. The van der Waals surface area contributed by atoms with Crippen molar-refractivity contribution in [2.24, 2.45) is 0 Å². The highest BCUT2D eigenvalue weighted by Gasteiger charge is 2.25. The van der Waals surface area contributed by atoms with Gasteiger partial charge in [-0.1, -0.05) is 12.8 Å². The summed E-state index contributed by atoms with van der Waals surface area (Å²) in [6.07, 6.45) is 3.46. The molecule has 72 valence electrons. The Labute approximate surface area is 78.1 Å². The summed E-state index contributed by atoms with van der Waals surface area (Å²) in [5.74, 6) is 0. The van der Waals surface area contributed by atoms with Crippen molar-refractivity contribution in [3.63, 3.8) is 0 Å². The van der Waals surface area contributed by atoms with Gasteiger partial charge in [0.05, 0.1) is 13.2 Å². The molecule has 1 atom stereocenters. The molecule has 1 unspecified atom stereocenters. The summed E-state index contributed by atoms with van der Waals surface area (Å²) in [6.45, 7) is 0.644. The Kier molecular flexibility index (Phi) is 3.56. The molecule has 0 aliphatic carbocycles. The highest BCUT2D eigenvalue weighted by Crippen LogP contribution is 2.16. The zero-order valence-corrected chi connectivity index (χ0v) is 7.82. The Balaban J connectivity index is 2.65. The number of hydrogen-bond acceptors (Lipinski definition) is 3. The van der Waals surface area contributed by atoms with Gasteiger partial charge in [-0.15, -0.1) is 0 Å². The summed E-state index contributed by atoms with van der Waals surface area (Å²) in [5.41, 5.74) is 0. The average Bonchev–Trinajstić information content (AvgIpc) is 2.41. The van der Waals surface area contributed by atoms with Crippen LogP contribution in [0.2, 0.25) is 0 Å². The van der Waals surface area contributed by atoms with Gasteiger partial charge in [0.1, 0.15) is 6.04 Å². The first-order chi connectivity index (χ1) is 6.29. The standard InChI is InChI=1S/C9H14N2O2/c1-13-9(12)11-6-4-2-3-5-8(11)7-10/h8H,2-6H2,1H3. The van der Waals surface area contributed by atoms with Crippen LogP contribution in [-0.4, -0.2) is 30.7 Å². The number of nitriles is 1. The third-order valence-corrected chi connectivity index (χ3v) is 2.31. The molecule has 1 saturated heterocycles. The Morgan fingerprint density at radius 3 is 2.92 bits per heavy atom. The van der Waals surface area contributed by atoms with Gasteiger partial charge in [0.15, 0.2) is 0 Å². The van der Waals surface area contributed by atoms with Crippen molar-refractivity contribution in [1.29, 1.82) is 5.26 Å². The maximum absolute atomic E-state index is 11.2. The summed E-state index contributed by atoms with van der Waals surface area (Å²) < 4.78 is 4.61. The fourth-order valence-electron chi connectivity index (χ4n) is 1.58. The Hall–Kier alpha value is -1.24. The number of hydrogen-bond donors (Lipinski definition) is 0. The first kappa shape index (κ1) is 9.85. The minimum atomic E-state index is -0.381. The number of carbonyl (C=O) groups is 1. The van der Waals surface area contributed by atoms with Gasteiger partial charge in [-0.3, -0.25) is 4.90 Å². The molecule has 0 aromatic heterocycles. The summed E-state index contributed by atoms with van der Waals surface area (Å²) in [7, 11) is 1.35. The van der Waals surface area contributed by atoms with E-state index in [-0.39, 0.29) is 12.1 Å². The number of likely N-dealkylation sites (tertiary alicyclic amines) is 1. The van der Waals surface area contributed by atoms with E-state index in [1.54, 1.807) is 0 Å². The van der Waals surface area contributed by atoms with E-state index in [0.717, 1.165) is 25.7 Å². The topological polar surface area (TPSA) is 53.3 Å². The lowest BCUT2D eigenvalue weighted by molar-refractivity contribution is 0.115. The lowest BCUT2D eigenvalue weighted by Crippen LogP contribution is -2.39. The van der Waals surface area contributed by atoms with E-state index in [4.69, 9.17) is 5.26 Å². The monoisotopic (exact) mass is 182 g/mol. The molecule has 1 amide bonds. The van der Waals surface area contributed by atoms with Crippen LogP contribution in [0.4, 0.5) is 4.79 Å². The molecule has 0 bridgehead atoms. The number of nitrogens with zero attached hydrogens (tertiary/aromatic N) is 2. The Morgan fingerprint density at radius 1 is 1.54 bits per heavy atom. The molecule has 1 fully saturated rings. The van der Waals surface area contributed by atoms with Crippen LogP contribution < -0.4 is 0 Å². The summed E-state index contributed by atoms with van der Waals surface area (Å²) >= 11 is 0. The zero-order chi connectivity index (χ0) is 9.68. The zero-order valence-electron chi connectivity index (χ0n) is 7.82. The number of rotatable bonds is 0. The van der Waals surface area contributed by atoms with Crippen LogP contribution in [0, 0.1) is 11.3 Å². The average molecular weight is 182 g/mol. The fraction of sp³-hybridized carbons (Fsp3) is 0.778. The van der Waals surface area contributed by atoms with Crippen LogP contribution in [0.25, 0.3) is 0 Å². The molecule has 0 N–H and O–H groups in total. The van der Waals surface area contributed by atoms with Gasteiger partial charge in [-0.2, -0.15) is 5.26 Å². The second kappa shape index (κ2) is 4.70. The highest BCUT2D eigenvalue weighted by atomic mass is 16.5. The molecule has 0 radical (unpaired) electrons. The maximum atomic E-state index is 11.2. The third kappa shape index (κ3) is 2.35. The number of methoxy groups -OCH3 is 1. The van der Waals surface area contributed by atoms with Crippen molar-refractivity contribution in [2.45, 2.75) is 31.7 Å². The molecule has 0 aromatic rings. The lowest BCUT2D eigenvalue weighted by Gasteiger charge is -2.22. The van der Waals surface area contributed by atoms with Gasteiger partial charge in [0, 0.05) is 6.54 Å². The SMILES string of the molecule is COC(=O)N1CCCCCC1C#N. The summed E-state index contributed by atoms with van der Waals surface area (Å²) in [6, 6.07) is 1.84. The highest BCUT2D eigenvalue weighted by molar-refractivity contribution is 5.68. The molecular formula is C9H14N2O2. The van der Waals surface area contributed by atoms with E-state index >= 15 is 0 Å². The van der Waals surface area contributed by atoms with E-state index in [1.807, 2.05) is 0 Å². The second-order valence-electron chi connectivity index (χ2n) is 3.16. The molecule has 4 nitrogen and oxygen atoms in total. The smallest absolute Gasteiger partial charge is 0.410 e. The number of carbonyl (C=O) groups excluding carboxylic acids is 1.